The van der Waals surface area contributed by atoms with Gasteiger partial charge in [-0.3, -0.25) is 4.90 Å². The van der Waals surface area contributed by atoms with E-state index in [1.807, 2.05) is 6.92 Å². The van der Waals surface area contributed by atoms with Gasteiger partial charge in [0.15, 0.2) is 0 Å². The van der Waals surface area contributed by atoms with E-state index in [1.54, 1.807) is 24.3 Å². The zero-order chi connectivity index (χ0) is 18.5. The zero-order valence-electron chi connectivity index (χ0n) is 15.0. The number of nitrogens with zero attached hydrogens (tertiary/aromatic N) is 1. The molecule has 7 heteroatoms. The number of phenols is 1. The molecule has 0 aromatic heterocycles. The molecule has 2 aliphatic rings. The van der Waals surface area contributed by atoms with Crippen LogP contribution in [0.25, 0.3) is 0 Å². The van der Waals surface area contributed by atoms with E-state index in [-0.39, 0.29) is 11.8 Å². The number of nitrogens with one attached hydrogen (secondary N) is 2. The third-order valence-electron chi connectivity index (χ3n) is 4.77. The Morgan fingerprint density at radius 1 is 1.35 bits per heavy atom. The predicted octanol–water partition coefficient (Wildman–Crippen LogP) is 2.05. The average Bonchev–Trinajstić information content (AvgIpc) is 3.14. The van der Waals surface area contributed by atoms with Crippen molar-refractivity contribution in [3.8, 4) is 5.75 Å². The predicted molar refractivity (Wildman–Crippen MR) is 96.5 cm³/mol. The van der Waals surface area contributed by atoms with E-state index < -0.39 is 12.0 Å². The van der Waals surface area contributed by atoms with Crippen LogP contribution >= 0.6 is 0 Å². The van der Waals surface area contributed by atoms with Crippen molar-refractivity contribution < 1.29 is 19.4 Å². The Kier molecular flexibility index (Phi) is 5.78. The maximum Gasteiger partial charge on any atom is 0.338 e. The van der Waals surface area contributed by atoms with Crippen molar-refractivity contribution in [1.82, 2.24) is 15.5 Å². The molecule has 0 bridgehead atoms. The number of urea groups is 1. The average molecular weight is 359 g/mol. The topological polar surface area (TPSA) is 90.9 Å². The molecular formula is C19H25N3O4. The lowest BCUT2D eigenvalue weighted by atomic mass is 9.94. The summed E-state index contributed by atoms with van der Waals surface area (Å²) >= 11 is 0. The third-order valence-corrected chi connectivity index (χ3v) is 4.77. The van der Waals surface area contributed by atoms with Crippen molar-refractivity contribution in [2.24, 2.45) is 0 Å². The summed E-state index contributed by atoms with van der Waals surface area (Å²) in [6.45, 7) is 5.00. The van der Waals surface area contributed by atoms with E-state index in [4.69, 9.17) is 4.74 Å². The number of ether oxygens (including phenoxy) is 1. The third kappa shape index (κ3) is 4.16. The number of benzene rings is 1. The van der Waals surface area contributed by atoms with Gasteiger partial charge in [0.1, 0.15) is 12.4 Å². The molecule has 2 heterocycles. The van der Waals surface area contributed by atoms with E-state index >= 15 is 0 Å². The molecule has 26 heavy (non-hydrogen) atoms. The second kappa shape index (κ2) is 8.23. The Hall–Kier alpha value is -2.54. The standard InChI is InChI=1S/C19H25N3O4/c1-2-15-16(18(24)26-11-10-22-8-3-4-9-22)17(21-19(25)20-15)13-6-5-7-14(23)12-13/h5-7,12,17,23H,2-4,8-11H2,1H3,(H2,20,21,25). The van der Waals surface area contributed by atoms with Gasteiger partial charge in [-0.1, -0.05) is 19.1 Å². The number of carbonyl (C=O) groups excluding carboxylic acids is 2. The van der Waals surface area contributed by atoms with Gasteiger partial charge in [-0.25, -0.2) is 9.59 Å². The van der Waals surface area contributed by atoms with Crippen LogP contribution in [0.4, 0.5) is 4.79 Å². The fraction of sp³-hybridized carbons (Fsp3) is 0.474. The molecule has 140 valence electrons. The van der Waals surface area contributed by atoms with Crippen LogP contribution in [0.5, 0.6) is 5.75 Å². The highest BCUT2D eigenvalue weighted by Crippen LogP contribution is 2.30. The Bertz CT molecular complexity index is 710. The minimum absolute atomic E-state index is 0.0788. The summed E-state index contributed by atoms with van der Waals surface area (Å²) in [4.78, 5) is 27.0. The number of phenolic OH excluding ortho intramolecular Hbond substituents is 1. The summed E-state index contributed by atoms with van der Waals surface area (Å²) in [6, 6.07) is 5.52. The number of hydrogen-bond donors (Lipinski definition) is 3. The van der Waals surface area contributed by atoms with Crippen molar-refractivity contribution in [3.63, 3.8) is 0 Å². The quantitative estimate of drug-likeness (QED) is 0.676. The van der Waals surface area contributed by atoms with Gasteiger partial charge in [-0.2, -0.15) is 0 Å². The number of hydrogen-bond acceptors (Lipinski definition) is 5. The lowest BCUT2D eigenvalue weighted by molar-refractivity contribution is -0.140. The lowest BCUT2D eigenvalue weighted by Gasteiger charge is -2.29. The van der Waals surface area contributed by atoms with E-state index in [2.05, 4.69) is 15.5 Å². The van der Waals surface area contributed by atoms with Crippen LogP contribution in [0, 0.1) is 0 Å². The molecule has 3 N–H and O–H groups in total. The number of allylic oxidation sites excluding steroid dienone is 1. The number of carbonyl (C=O) groups is 2. The largest absolute Gasteiger partial charge is 0.508 e. The van der Waals surface area contributed by atoms with Crippen molar-refractivity contribution >= 4 is 12.0 Å². The van der Waals surface area contributed by atoms with Gasteiger partial charge in [0.2, 0.25) is 0 Å². The van der Waals surface area contributed by atoms with Gasteiger partial charge in [-0.05, 0) is 50.0 Å². The Morgan fingerprint density at radius 2 is 2.12 bits per heavy atom. The van der Waals surface area contributed by atoms with Crippen LogP contribution < -0.4 is 10.6 Å². The zero-order valence-corrected chi connectivity index (χ0v) is 15.0. The Balaban J connectivity index is 1.78. The molecule has 7 nitrogen and oxygen atoms in total. The number of likely N-dealkylation sites (tertiary alicyclic amines) is 1. The van der Waals surface area contributed by atoms with E-state index in [1.165, 1.54) is 12.8 Å². The van der Waals surface area contributed by atoms with Crippen LogP contribution in [0.2, 0.25) is 0 Å². The van der Waals surface area contributed by atoms with Crippen LogP contribution in [0.3, 0.4) is 0 Å². The molecule has 1 aromatic rings. The summed E-state index contributed by atoms with van der Waals surface area (Å²) in [5.74, 6) is -0.364. The molecule has 1 saturated heterocycles. The molecule has 3 rings (SSSR count). The first-order chi connectivity index (χ1) is 12.6. The molecule has 0 aliphatic carbocycles. The van der Waals surface area contributed by atoms with Gasteiger partial charge in [0.05, 0.1) is 11.6 Å². The molecule has 2 aliphatic heterocycles. The summed E-state index contributed by atoms with van der Waals surface area (Å²) in [6.07, 6.45) is 2.88. The molecule has 1 fully saturated rings. The molecular weight excluding hydrogens is 334 g/mol. The summed E-state index contributed by atoms with van der Waals surface area (Å²) in [5.41, 5.74) is 1.57. The highest BCUT2D eigenvalue weighted by molar-refractivity contribution is 5.95. The van der Waals surface area contributed by atoms with E-state index in [0.717, 1.165) is 19.6 Å². The van der Waals surface area contributed by atoms with Crippen LogP contribution in [-0.4, -0.2) is 48.2 Å². The van der Waals surface area contributed by atoms with Gasteiger partial charge in [0, 0.05) is 12.2 Å². The Labute approximate surface area is 153 Å². The SMILES string of the molecule is CCC1=C(C(=O)OCCN2CCCC2)C(c2cccc(O)c2)NC(=O)N1. The maximum atomic E-state index is 12.8. The van der Waals surface area contributed by atoms with E-state index in [9.17, 15) is 14.7 Å². The second-order valence-electron chi connectivity index (χ2n) is 6.56. The minimum Gasteiger partial charge on any atom is -0.508 e. The molecule has 1 unspecified atom stereocenters. The summed E-state index contributed by atoms with van der Waals surface area (Å²) in [5, 5.41) is 15.2. The number of amides is 2. The molecule has 0 radical (unpaired) electrons. The number of esters is 1. The fourth-order valence-electron chi connectivity index (χ4n) is 3.44. The first-order valence-electron chi connectivity index (χ1n) is 9.07. The minimum atomic E-state index is -0.648. The van der Waals surface area contributed by atoms with Crippen molar-refractivity contribution in [2.45, 2.75) is 32.2 Å². The van der Waals surface area contributed by atoms with Crippen molar-refractivity contribution in [3.05, 3.63) is 41.1 Å². The van der Waals surface area contributed by atoms with Gasteiger partial charge >= 0.3 is 12.0 Å². The first-order valence-corrected chi connectivity index (χ1v) is 9.07. The van der Waals surface area contributed by atoms with Gasteiger partial charge < -0.3 is 20.5 Å². The molecule has 1 aromatic carbocycles. The van der Waals surface area contributed by atoms with Crippen molar-refractivity contribution in [2.75, 3.05) is 26.2 Å². The van der Waals surface area contributed by atoms with Crippen molar-refractivity contribution in [1.29, 1.82) is 0 Å². The maximum absolute atomic E-state index is 12.8. The highest BCUT2D eigenvalue weighted by atomic mass is 16.5. The molecule has 0 spiro atoms. The first kappa shape index (κ1) is 18.3. The highest BCUT2D eigenvalue weighted by Gasteiger charge is 2.33. The number of rotatable bonds is 6. The van der Waals surface area contributed by atoms with E-state index in [0.29, 0.717) is 29.9 Å². The number of aromatic hydroxyl groups is 1. The smallest absolute Gasteiger partial charge is 0.338 e. The summed E-state index contributed by atoms with van der Waals surface area (Å²) in [7, 11) is 0. The fourth-order valence-corrected chi connectivity index (χ4v) is 3.44. The molecule has 2 amide bonds. The van der Waals surface area contributed by atoms with Gasteiger partial charge in [-0.15, -0.1) is 0 Å². The summed E-state index contributed by atoms with van der Waals surface area (Å²) < 4.78 is 5.50. The molecule has 1 atom stereocenters. The monoisotopic (exact) mass is 359 g/mol. The van der Waals surface area contributed by atoms with Crippen LogP contribution in [0.1, 0.15) is 37.8 Å². The Morgan fingerprint density at radius 3 is 2.81 bits per heavy atom. The molecule has 0 saturated carbocycles. The van der Waals surface area contributed by atoms with Crippen LogP contribution in [-0.2, 0) is 9.53 Å². The van der Waals surface area contributed by atoms with Crippen LogP contribution in [0.15, 0.2) is 35.5 Å². The lowest BCUT2D eigenvalue weighted by Crippen LogP contribution is -2.46. The second-order valence-corrected chi connectivity index (χ2v) is 6.56. The van der Waals surface area contributed by atoms with Gasteiger partial charge in [0.25, 0.3) is 0 Å². The normalized spacial score (nSPS) is 20.7.